The summed E-state index contributed by atoms with van der Waals surface area (Å²) in [6, 6.07) is 7.42. The average Bonchev–Trinajstić information content (AvgIpc) is 2.81. The fourth-order valence-electron chi connectivity index (χ4n) is 1.87. The van der Waals surface area contributed by atoms with Crippen molar-refractivity contribution in [3.63, 3.8) is 0 Å². The second-order valence-corrected chi connectivity index (χ2v) is 4.14. The minimum atomic E-state index is -1.42. The molecular formula is C12H9N5O3. The van der Waals surface area contributed by atoms with Crippen LogP contribution in [0.25, 0.3) is 11.5 Å². The lowest BCUT2D eigenvalue weighted by Crippen LogP contribution is -2.23. The quantitative estimate of drug-likeness (QED) is 0.718. The Kier molecular flexibility index (Phi) is 2.56. The minimum absolute atomic E-state index is 0.161. The Morgan fingerprint density at radius 1 is 1.30 bits per heavy atom. The van der Waals surface area contributed by atoms with Gasteiger partial charge in [-0.05, 0) is 18.6 Å². The summed E-state index contributed by atoms with van der Waals surface area (Å²) >= 11 is 0. The molecule has 0 spiro atoms. The highest BCUT2D eigenvalue weighted by Crippen LogP contribution is 2.13. The molecule has 20 heavy (non-hydrogen) atoms. The lowest BCUT2D eigenvalue weighted by atomic mass is 10.2. The van der Waals surface area contributed by atoms with Gasteiger partial charge in [-0.1, -0.05) is 18.2 Å². The molecule has 3 aromatic rings. The predicted molar refractivity (Wildman–Crippen MR) is 68.1 cm³/mol. The van der Waals surface area contributed by atoms with Crippen molar-refractivity contribution < 1.29 is 9.90 Å². The predicted octanol–water partition coefficient (Wildman–Crippen LogP) is 0.282. The molecule has 3 rings (SSSR count). The average molecular weight is 271 g/mol. The third kappa shape index (κ3) is 1.74. The lowest BCUT2D eigenvalue weighted by molar-refractivity contribution is 0.0686. The number of hydrogen-bond donors (Lipinski definition) is 1. The summed E-state index contributed by atoms with van der Waals surface area (Å²) in [6.45, 7) is 1.89. The van der Waals surface area contributed by atoms with Crippen molar-refractivity contribution >= 4 is 11.7 Å². The van der Waals surface area contributed by atoms with E-state index >= 15 is 0 Å². The molecule has 1 N–H and O–H groups in total. The third-order valence-electron chi connectivity index (χ3n) is 2.83. The highest BCUT2D eigenvalue weighted by molar-refractivity contribution is 5.84. The summed E-state index contributed by atoms with van der Waals surface area (Å²) in [6.07, 6.45) is 1.31. The molecule has 0 saturated heterocycles. The first-order valence-electron chi connectivity index (χ1n) is 5.72. The summed E-state index contributed by atoms with van der Waals surface area (Å²) in [5, 5.41) is 16.6. The largest absolute Gasteiger partial charge is 0.476 e. The van der Waals surface area contributed by atoms with Crippen molar-refractivity contribution in [2.75, 3.05) is 0 Å². The smallest absolute Gasteiger partial charge is 0.362 e. The van der Waals surface area contributed by atoms with Gasteiger partial charge < -0.3 is 5.11 Å². The molecule has 0 unspecified atom stereocenters. The van der Waals surface area contributed by atoms with Crippen LogP contribution in [0.15, 0.2) is 35.4 Å². The molecule has 0 bridgehead atoms. The number of fused-ring (bicyclic) bond motifs is 1. The fourth-order valence-corrected chi connectivity index (χ4v) is 1.87. The van der Waals surface area contributed by atoms with Gasteiger partial charge in [0.25, 0.3) is 5.78 Å². The summed E-state index contributed by atoms with van der Waals surface area (Å²) in [5.74, 6) is -1.25. The van der Waals surface area contributed by atoms with Crippen molar-refractivity contribution in [2.24, 2.45) is 0 Å². The van der Waals surface area contributed by atoms with Crippen molar-refractivity contribution in [2.45, 2.75) is 6.92 Å². The van der Waals surface area contributed by atoms with Gasteiger partial charge in [-0.2, -0.15) is 24.4 Å². The molecule has 0 amide bonds. The van der Waals surface area contributed by atoms with Crippen molar-refractivity contribution in [1.82, 2.24) is 24.4 Å². The summed E-state index contributed by atoms with van der Waals surface area (Å²) in [5.41, 5.74) is 0.154. The number of para-hydroxylation sites is 1. The molecular weight excluding hydrogens is 262 g/mol. The second-order valence-electron chi connectivity index (χ2n) is 4.14. The van der Waals surface area contributed by atoms with E-state index in [1.165, 1.54) is 11.0 Å². The van der Waals surface area contributed by atoms with Crippen LogP contribution >= 0.6 is 0 Å². The molecule has 0 aliphatic rings. The molecule has 0 saturated carbocycles. The van der Waals surface area contributed by atoms with Gasteiger partial charge >= 0.3 is 11.5 Å². The van der Waals surface area contributed by atoms with E-state index in [0.717, 1.165) is 15.8 Å². The number of carboxylic acids is 1. The molecule has 8 heteroatoms. The number of aryl methyl sites for hydroxylation is 1. The second kappa shape index (κ2) is 4.26. The normalized spacial score (nSPS) is 10.8. The van der Waals surface area contributed by atoms with Crippen LogP contribution in [0.1, 0.15) is 16.1 Å². The van der Waals surface area contributed by atoms with Gasteiger partial charge in [-0.25, -0.2) is 4.79 Å². The summed E-state index contributed by atoms with van der Waals surface area (Å²) in [7, 11) is 0. The van der Waals surface area contributed by atoms with Crippen LogP contribution in [-0.2, 0) is 0 Å². The number of rotatable bonds is 2. The first kappa shape index (κ1) is 12.0. The Balaban J connectivity index is 2.30. The monoisotopic (exact) mass is 271 g/mol. The standard InChI is InChI=1S/C12H9N5O3/c1-7-4-2-3-5-8(7)17-12-14-10(18)9(11(19)20)15-16(12)6-13-17/h2-6H,1H3,(H,19,20). The van der Waals surface area contributed by atoms with Crippen molar-refractivity contribution in [3.05, 3.63) is 52.2 Å². The highest BCUT2D eigenvalue weighted by atomic mass is 16.4. The number of nitrogens with zero attached hydrogens (tertiary/aromatic N) is 5. The van der Waals surface area contributed by atoms with E-state index in [9.17, 15) is 9.59 Å². The summed E-state index contributed by atoms with van der Waals surface area (Å²) in [4.78, 5) is 26.2. The van der Waals surface area contributed by atoms with E-state index in [1.807, 2.05) is 31.2 Å². The van der Waals surface area contributed by atoms with Gasteiger partial charge in [-0.15, -0.1) is 0 Å². The first-order chi connectivity index (χ1) is 9.58. The van der Waals surface area contributed by atoms with E-state index in [4.69, 9.17) is 5.11 Å². The van der Waals surface area contributed by atoms with Gasteiger partial charge in [0.2, 0.25) is 5.69 Å². The molecule has 2 aromatic heterocycles. The molecule has 100 valence electrons. The zero-order valence-electron chi connectivity index (χ0n) is 10.4. The van der Waals surface area contributed by atoms with Crippen LogP contribution in [0.4, 0.5) is 0 Å². The maximum atomic E-state index is 11.6. The Morgan fingerprint density at radius 2 is 2.05 bits per heavy atom. The molecule has 1 aromatic carbocycles. The van der Waals surface area contributed by atoms with Gasteiger partial charge in [-0.3, -0.25) is 4.79 Å². The Morgan fingerprint density at radius 3 is 2.75 bits per heavy atom. The fraction of sp³-hybridized carbons (Fsp3) is 0.0833. The van der Waals surface area contributed by atoms with Crippen LogP contribution in [0.3, 0.4) is 0 Å². The van der Waals surface area contributed by atoms with Gasteiger partial charge in [0.05, 0.1) is 5.69 Å². The summed E-state index contributed by atoms with van der Waals surface area (Å²) < 4.78 is 2.60. The highest BCUT2D eigenvalue weighted by Gasteiger charge is 2.16. The van der Waals surface area contributed by atoms with Crippen molar-refractivity contribution in [1.29, 1.82) is 0 Å². The van der Waals surface area contributed by atoms with E-state index in [0.29, 0.717) is 0 Å². The van der Waals surface area contributed by atoms with Crippen LogP contribution in [0.5, 0.6) is 0 Å². The molecule has 0 aliphatic heterocycles. The lowest BCUT2D eigenvalue weighted by Gasteiger charge is -2.05. The number of hydrogen-bond acceptors (Lipinski definition) is 5. The van der Waals surface area contributed by atoms with Crippen LogP contribution in [0, 0.1) is 6.92 Å². The zero-order chi connectivity index (χ0) is 14.3. The van der Waals surface area contributed by atoms with Gasteiger partial charge in [0.15, 0.2) is 0 Å². The number of aromatic carboxylic acids is 1. The minimum Gasteiger partial charge on any atom is -0.476 e. The Bertz CT molecular complexity index is 880. The van der Waals surface area contributed by atoms with Gasteiger partial charge in [0.1, 0.15) is 6.33 Å². The number of carbonyl (C=O) groups is 1. The van der Waals surface area contributed by atoms with Crippen molar-refractivity contribution in [3.8, 4) is 5.69 Å². The third-order valence-corrected chi connectivity index (χ3v) is 2.83. The van der Waals surface area contributed by atoms with Crippen LogP contribution < -0.4 is 5.56 Å². The Hall–Kier alpha value is -3.03. The van der Waals surface area contributed by atoms with Crippen LogP contribution in [0.2, 0.25) is 0 Å². The Labute approximate surface area is 111 Å². The molecule has 0 fully saturated rings. The van der Waals surface area contributed by atoms with E-state index in [1.54, 1.807) is 0 Å². The maximum Gasteiger partial charge on any atom is 0.362 e. The first-order valence-corrected chi connectivity index (χ1v) is 5.72. The van der Waals surface area contributed by atoms with E-state index in [-0.39, 0.29) is 5.78 Å². The SMILES string of the molecule is Cc1ccccc1-n1ncn2nc(C(=O)O)c(=O)nc12. The molecule has 0 radical (unpaired) electrons. The molecule has 0 atom stereocenters. The van der Waals surface area contributed by atoms with Crippen LogP contribution in [-0.4, -0.2) is 35.5 Å². The number of aromatic nitrogens is 5. The zero-order valence-corrected chi connectivity index (χ0v) is 10.4. The van der Waals surface area contributed by atoms with E-state index in [2.05, 4.69) is 15.2 Å². The maximum absolute atomic E-state index is 11.6. The molecule has 2 heterocycles. The molecule has 0 aliphatic carbocycles. The number of benzene rings is 1. The number of carboxylic acid groups (broad SMARTS) is 1. The molecule has 8 nitrogen and oxygen atoms in total. The van der Waals surface area contributed by atoms with E-state index < -0.39 is 17.2 Å². The van der Waals surface area contributed by atoms with Gasteiger partial charge in [0, 0.05) is 0 Å². The topological polar surface area (TPSA) is 102 Å².